The molecule has 0 aliphatic heterocycles. The predicted octanol–water partition coefficient (Wildman–Crippen LogP) is 7.19. The number of hydrogen-bond donors (Lipinski definition) is 3. The molecule has 4 rings (SSSR count). The molecule has 11 nitrogen and oxygen atoms in total. The SMILES string of the molecule is CC(C)NC(=O)O[C@@H]1CC[C@H](c2cc(Nc3cc(OC(F)(F)F)c(NC(=O)OCc4ccccc4)cn3)n(C(C)(C)C)n2)C1. The van der Waals surface area contributed by atoms with Crippen LogP contribution in [0.2, 0.25) is 0 Å². The molecule has 1 aliphatic carbocycles. The normalized spacial score (nSPS) is 16.8. The molecule has 238 valence electrons. The Morgan fingerprint density at radius 2 is 1.80 bits per heavy atom. The molecule has 0 spiro atoms. The van der Waals surface area contributed by atoms with Gasteiger partial charge in [0, 0.05) is 24.1 Å². The summed E-state index contributed by atoms with van der Waals surface area (Å²) in [7, 11) is 0. The van der Waals surface area contributed by atoms with E-state index < -0.39 is 29.8 Å². The van der Waals surface area contributed by atoms with Crippen molar-refractivity contribution in [3.05, 3.63) is 59.9 Å². The summed E-state index contributed by atoms with van der Waals surface area (Å²) in [5.74, 6) is -0.143. The number of nitrogens with zero attached hydrogens (tertiary/aromatic N) is 3. The van der Waals surface area contributed by atoms with Crippen molar-refractivity contribution in [2.45, 2.75) is 90.5 Å². The van der Waals surface area contributed by atoms with E-state index in [2.05, 4.69) is 25.7 Å². The third kappa shape index (κ3) is 9.25. The molecule has 1 fully saturated rings. The second-order valence-corrected chi connectivity index (χ2v) is 11.8. The van der Waals surface area contributed by atoms with Crippen molar-refractivity contribution in [3.63, 3.8) is 0 Å². The second kappa shape index (κ2) is 13.4. The number of alkyl carbamates (subject to hydrolysis) is 1. The van der Waals surface area contributed by atoms with Gasteiger partial charge in [-0.05, 0) is 59.4 Å². The molecular weight excluding hydrogens is 581 g/mol. The van der Waals surface area contributed by atoms with Crippen molar-refractivity contribution in [2.75, 3.05) is 10.6 Å². The Morgan fingerprint density at radius 3 is 2.45 bits per heavy atom. The standard InChI is InChI=1S/C30H37F3N6O5/c1-18(2)35-28(41)43-21-12-11-20(13-21)22-14-26(39(38-22)29(3,4)5)37-25-15-24(44-30(31,32)33)23(16-34-25)36-27(40)42-17-19-9-7-6-8-10-19/h6-10,14-16,18,20-21H,11-13,17H2,1-5H3,(H,34,37)(H,35,41)(H,36,40)/t20-,21+/m0/s1. The molecule has 2 heterocycles. The zero-order chi connectivity index (χ0) is 32.1. The summed E-state index contributed by atoms with van der Waals surface area (Å²) < 4.78 is 56.5. The number of aromatic nitrogens is 3. The number of hydrogen-bond acceptors (Lipinski definition) is 8. The fourth-order valence-corrected chi connectivity index (χ4v) is 4.74. The van der Waals surface area contributed by atoms with E-state index in [-0.39, 0.29) is 36.2 Å². The molecule has 44 heavy (non-hydrogen) atoms. The van der Waals surface area contributed by atoms with Crippen LogP contribution in [0.3, 0.4) is 0 Å². The summed E-state index contributed by atoms with van der Waals surface area (Å²) in [5.41, 5.74) is 0.638. The highest BCUT2D eigenvalue weighted by atomic mass is 19.4. The van der Waals surface area contributed by atoms with Crippen LogP contribution in [0, 0.1) is 0 Å². The number of carbonyl (C=O) groups excluding carboxylic acids is 2. The number of halogens is 3. The lowest BCUT2D eigenvalue weighted by Gasteiger charge is -2.23. The molecule has 1 aliphatic rings. The molecule has 1 saturated carbocycles. The predicted molar refractivity (Wildman–Crippen MR) is 157 cm³/mol. The number of anilines is 3. The van der Waals surface area contributed by atoms with Gasteiger partial charge in [0.25, 0.3) is 0 Å². The van der Waals surface area contributed by atoms with Gasteiger partial charge in [-0.3, -0.25) is 5.32 Å². The Kier molecular flexibility index (Phi) is 9.90. The Balaban J connectivity index is 1.51. The highest BCUT2D eigenvalue weighted by molar-refractivity contribution is 5.87. The number of ether oxygens (including phenoxy) is 3. The van der Waals surface area contributed by atoms with E-state index in [4.69, 9.17) is 14.6 Å². The largest absolute Gasteiger partial charge is 0.573 e. The van der Waals surface area contributed by atoms with Gasteiger partial charge in [-0.25, -0.2) is 19.3 Å². The molecule has 14 heteroatoms. The number of nitrogens with one attached hydrogen (secondary N) is 3. The first-order valence-electron chi connectivity index (χ1n) is 14.2. The quantitative estimate of drug-likeness (QED) is 0.230. The molecular formula is C30H37F3N6O5. The zero-order valence-corrected chi connectivity index (χ0v) is 25.2. The summed E-state index contributed by atoms with van der Waals surface area (Å²) in [4.78, 5) is 28.6. The maximum atomic E-state index is 13.3. The first-order chi connectivity index (χ1) is 20.7. The number of carbonyl (C=O) groups is 2. The fourth-order valence-electron chi connectivity index (χ4n) is 4.74. The first kappa shape index (κ1) is 32.4. The van der Waals surface area contributed by atoms with Crippen LogP contribution in [0.5, 0.6) is 5.75 Å². The average Bonchev–Trinajstić information content (AvgIpc) is 3.55. The van der Waals surface area contributed by atoms with E-state index in [0.29, 0.717) is 24.2 Å². The van der Waals surface area contributed by atoms with Gasteiger partial charge in [-0.2, -0.15) is 5.10 Å². The molecule has 1 aromatic carbocycles. The smallest absolute Gasteiger partial charge is 0.446 e. The van der Waals surface area contributed by atoms with Crippen LogP contribution in [0.15, 0.2) is 48.7 Å². The zero-order valence-electron chi connectivity index (χ0n) is 25.2. The number of pyridine rings is 1. The second-order valence-electron chi connectivity index (χ2n) is 11.8. The van der Waals surface area contributed by atoms with E-state index in [1.165, 1.54) is 0 Å². The molecule has 2 atom stereocenters. The summed E-state index contributed by atoms with van der Waals surface area (Å²) in [6.07, 6.45) is -3.64. The van der Waals surface area contributed by atoms with Gasteiger partial charge in [0.1, 0.15) is 30.0 Å². The lowest BCUT2D eigenvalue weighted by Crippen LogP contribution is -2.33. The summed E-state index contributed by atoms with van der Waals surface area (Å²) >= 11 is 0. The Labute approximate surface area is 253 Å². The first-order valence-corrected chi connectivity index (χ1v) is 14.2. The van der Waals surface area contributed by atoms with E-state index in [1.54, 1.807) is 35.0 Å². The molecule has 2 aromatic heterocycles. The van der Waals surface area contributed by atoms with Gasteiger partial charge in [0.15, 0.2) is 5.75 Å². The Hall–Kier alpha value is -4.49. The van der Waals surface area contributed by atoms with E-state index >= 15 is 0 Å². The van der Waals surface area contributed by atoms with E-state index in [9.17, 15) is 22.8 Å². The van der Waals surface area contributed by atoms with Crippen LogP contribution >= 0.6 is 0 Å². The van der Waals surface area contributed by atoms with Crippen LogP contribution < -0.4 is 20.7 Å². The minimum atomic E-state index is -5.03. The number of rotatable bonds is 9. The minimum absolute atomic E-state index is 0.0153. The summed E-state index contributed by atoms with van der Waals surface area (Å²) in [6.45, 7) is 9.44. The molecule has 0 saturated heterocycles. The Morgan fingerprint density at radius 1 is 1.07 bits per heavy atom. The van der Waals surface area contributed by atoms with Crippen molar-refractivity contribution >= 4 is 29.5 Å². The molecule has 0 unspecified atom stereocenters. The molecule has 2 amide bonds. The maximum absolute atomic E-state index is 13.3. The van der Waals surface area contributed by atoms with Crippen molar-refractivity contribution in [3.8, 4) is 5.75 Å². The van der Waals surface area contributed by atoms with Crippen LogP contribution in [0.25, 0.3) is 0 Å². The van der Waals surface area contributed by atoms with Crippen LogP contribution in [-0.4, -0.2) is 45.5 Å². The van der Waals surface area contributed by atoms with E-state index in [0.717, 1.165) is 24.4 Å². The van der Waals surface area contributed by atoms with Gasteiger partial charge in [-0.15, -0.1) is 13.2 Å². The van der Waals surface area contributed by atoms with Gasteiger partial charge in [0.2, 0.25) is 0 Å². The monoisotopic (exact) mass is 618 g/mol. The van der Waals surface area contributed by atoms with Gasteiger partial charge in [-0.1, -0.05) is 30.3 Å². The van der Waals surface area contributed by atoms with Crippen molar-refractivity contribution < 1.29 is 37.0 Å². The van der Waals surface area contributed by atoms with Crippen LogP contribution in [0.4, 0.5) is 40.1 Å². The number of benzene rings is 1. The highest BCUT2D eigenvalue weighted by Crippen LogP contribution is 2.38. The number of alkyl halides is 3. The lowest BCUT2D eigenvalue weighted by atomic mass is 10.0. The van der Waals surface area contributed by atoms with Gasteiger partial charge in [0.05, 0.1) is 17.4 Å². The van der Waals surface area contributed by atoms with Crippen molar-refractivity contribution in [1.29, 1.82) is 0 Å². The van der Waals surface area contributed by atoms with Gasteiger partial charge >= 0.3 is 18.5 Å². The van der Waals surface area contributed by atoms with Gasteiger partial charge < -0.3 is 24.8 Å². The van der Waals surface area contributed by atoms with E-state index in [1.807, 2.05) is 40.7 Å². The Bertz CT molecular complexity index is 1440. The topological polar surface area (TPSA) is 129 Å². The molecule has 0 radical (unpaired) electrons. The highest BCUT2D eigenvalue weighted by Gasteiger charge is 2.34. The third-order valence-electron chi connectivity index (χ3n) is 6.64. The molecule has 0 bridgehead atoms. The third-order valence-corrected chi connectivity index (χ3v) is 6.64. The summed E-state index contributed by atoms with van der Waals surface area (Å²) in [6, 6.07) is 11.6. The lowest BCUT2D eigenvalue weighted by molar-refractivity contribution is -0.274. The molecule has 3 N–H and O–H groups in total. The average molecular weight is 619 g/mol. The number of amides is 2. The van der Waals surface area contributed by atoms with Crippen molar-refractivity contribution in [2.24, 2.45) is 0 Å². The van der Waals surface area contributed by atoms with Crippen LogP contribution in [-0.2, 0) is 21.6 Å². The molecule has 3 aromatic rings. The van der Waals surface area contributed by atoms with Crippen molar-refractivity contribution in [1.82, 2.24) is 20.1 Å². The van der Waals surface area contributed by atoms with Crippen LogP contribution in [0.1, 0.15) is 71.1 Å². The fraction of sp³-hybridized carbons (Fsp3) is 0.467. The summed E-state index contributed by atoms with van der Waals surface area (Å²) in [5, 5.41) is 12.8. The minimum Gasteiger partial charge on any atom is -0.446 e. The maximum Gasteiger partial charge on any atom is 0.573 e.